The number of methoxy groups -OCH3 is 1. The highest BCUT2D eigenvalue weighted by molar-refractivity contribution is 7.55. The molecule has 0 saturated heterocycles. The van der Waals surface area contributed by atoms with Gasteiger partial charge in [0.2, 0.25) is 0 Å². The first-order valence-corrected chi connectivity index (χ1v) is 10.7. The lowest BCUT2D eigenvalue weighted by Gasteiger charge is -2.23. The quantitative estimate of drug-likeness (QED) is 0.263. The SMILES string of the molecule is CCCCCCCCOP(=O)(Oc1ccccc1C(=O)OC)C(C)C. The van der Waals surface area contributed by atoms with Crippen molar-refractivity contribution < 1.29 is 23.1 Å². The van der Waals surface area contributed by atoms with Gasteiger partial charge in [-0.2, -0.15) is 0 Å². The van der Waals surface area contributed by atoms with E-state index in [9.17, 15) is 9.36 Å². The summed E-state index contributed by atoms with van der Waals surface area (Å²) in [6.07, 6.45) is 6.75. The predicted molar refractivity (Wildman–Crippen MR) is 100 cm³/mol. The van der Waals surface area contributed by atoms with Crippen molar-refractivity contribution in [3.05, 3.63) is 29.8 Å². The minimum Gasteiger partial charge on any atom is -0.465 e. The summed E-state index contributed by atoms with van der Waals surface area (Å²) in [5.74, 6) is -0.295. The van der Waals surface area contributed by atoms with E-state index >= 15 is 0 Å². The second-order valence-electron chi connectivity index (χ2n) is 6.31. The van der Waals surface area contributed by atoms with Gasteiger partial charge in [-0.25, -0.2) is 9.36 Å². The fourth-order valence-corrected chi connectivity index (χ4v) is 3.70. The van der Waals surface area contributed by atoms with Gasteiger partial charge in [0.1, 0.15) is 11.3 Å². The fourth-order valence-electron chi connectivity index (χ4n) is 2.32. The third kappa shape index (κ3) is 7.21. The molecule has 0 amide bonds. The molecule has 1 atom stereocenters. The van der Waals surface area contributed by atoms with Gasteiger partial charge < -0.3 is 9.26 Å². The van der Waals surface area contributed by atoms with E-state index in [-0.39, 0.29) is 17.0 Å². The molecule has 142 valence electrons. The van der Waals surface area contributed by atoms with Crippen molar-refractivity contribution in [1.29, 1.82) is 0 Å². The molecule has 0 aliphatic carbocycles. The molecule has 0 spiro atoms. The Morgan fingerprint density at radius 3 is 2.36 bits per heavy atom. The Hall–Kier alpha value is -1.32. The lowest BCUT2D eigenvalue weighted by Crippen LogP contribution is -2.11. The van der Waals surface area contributed by atoms with Gasteiger partial charge in [0.15, 0.2) is 0 Å². The molecule has 0 fully saturated rings. The maximum atomic E-state index is 13.1. The van der Waals surface area contributed by atoms with Gasteiger partial charge in [-0.05, 0) is 18.6 Å². The molecule has 0 aromatic heterocycles. The van der Waals surface area contributed by atoms with Crippen LogP contribution in [0.1, 0.15) is 69.7 Å². The van der Waals surface area contributed by atoms with Gasteiger partial charge in [-0.1, -0.05) is 65.0 Å². The number of hydrogen-bond acceptors (Lipinski definition) is 5. The van der Waals surface area contributed by atoms with Crippen LogP contribution >= 0.6 is 7.60 Å². The van der Waals surface area contributed by atoms with Crippen molar-refractivity contribution in [1.82, 2.24) is 0 Å². The second kappa shape index (κ2) is 11.3. The first-order chi connectivity index (χ1) is 11.9. The van der Waals surface area contributed by atoms with Gasteiger partial charge in [-0.15, -0.1) is 0 Å². The Morgan fingerprint density at radius 2 is 1.72 bits per heavy atom. The van der Waals surface area contributed by atoms with E-state index in [1.165, 1.54) is 26.4 Å². The monoisotopic (exact) mass is 370 g/mol. The number of benzene rings is 1. The summed E-state index contributed by atoms with van der Waals surface area (Å²) >= 11 is 0. The summed E-state index contributed by atoms with van der Waals surface area (Å²) in [6, 6.07) is 6.62. The lowest BCUT2D eigenvalue weighted by molar-refractivity contribution is 0.0598. The van der Waals surface area contributed by atoms with Gasteiger partial charge >= 0.3 is 13.6 Å². The van der Waals surface area contributed by atoms with Crippen molar-refractivity contribution >= 4 is 13.6 Å². The number of unbranched alkanes of at least 4 members (excludes halogenated alkanes) is 5. The maximum absolute atomic E-state index is 13.1. The summed E-state index contributed by atoms with van der Waals surface area (Å²) in [6.45, 7) is 6.17. The summed E-state index contributed by atoms with van der Waals surface area (Å²) in [7, 11) is -2.06. The number of rotatable bonds is 12. The van der Waals surface area contributed by atoms with Crippen LogP contribution in [0.5, 0.6) is 5.75 Å². The molecule has 0 bridgehead atoms. The summed E-state index contributed by atoms with van der Waals surface area (Å²) in [5.41, 5.74) is -0.0627. The zero-order valence-electron chi connectivity index (χ0n) is 15.8. The normalized spacial score (nSPS) is 13.5. The molecule has 5 nitrogen and oxygen atoms in total. The first-order valence-electron chi connectivity index (χ1n) is 9.05. The molecule has 1 rings (SSSR count). The summed E-state index contributed by atoms with van der Waals surface area (Å²) in [5, 5.41) is 0. The largest absolute Gasteiger partial charge is 0.465 e. The Labute approximate surface area is 151 Å². The Bertz CT molecular complexity index is 571. The smallest absolute Gasteiger partial charge is 0.381 e. The van der Waals surface area contributed by atoms with Crippen molar-refractivity contribution in [2.75, 3.05) is 13.7 Å². The molecular weight excluding hydrogens is 339 g/mol. The molecule has 0 radical (unpaired) electrons. The topological polar surface area (TPSA) is 61.8 Å². The van der Waals surface area contributed by atoms with Crippen LogP contribution in [0.2, 0.25) is 0 Å². The number of ether oxygens (including phenoxy) is 1. The third-order valence-electron chi connectivity index (χ3n) is 3.92. The number of carbonyl (C=O) groups is 1. The fraction of sp³-hybridized carbons (Fsp3) is 0.632. The Balaban J connectivity index is 2.67. The first kappa shape index (κ1) is 21.7. The summed E-state index contributed by atoms with van der Waals surface area (Å²) < 4.78 is 29.2. The highest BCUT2D eigenvalue weighted by Gasteiger charge is 2.32. The van der Waals surface area contributed by atoms with E-state index in [4.69, 9.17) is 13.8 Å². The van der Waals surface area contributed by atoms with Gasteiger partial charge in [0.25, 0.3) is 0 Å². The number of carbonyl (C=O) groups excluding carboxylic acids is 1. The lowest BCUT2D eigenvalue weighted by atomic mass is 10.1. The van der Waals surface area contributed by atoms with E-state index in [1.807, 2.05) is 0 Å². The molecule has 1 unspecified atom stereocenters. The molecule has 0 aliphatic heterocycles. The number of para-hydroxylation sites is 1. The highest BCUT2D eigenvalue weighted by atomic mass is 31.2. The van der Waals surface area contributed by atoms with Crippen LogP contribution in [0.25, 0.3) is 0 Å². The van der Waals surface area contributed by atoms with E-state index in [1.54, 1.807) is 38.1 Å². The average molecular weight is 370 g/mol. The molecular formula is C19H31O5P. The van der Waals surface area contributed by atoms with Crippen molar-refractivity contribution in [2.45, 2.75) is 65.0 Å². The average Bonchev–Trinajstić information content (AvgIpc) is 2.60. The number of esters is 1. The van der Waals surface area contributed by atoms with Crippen LogP contribution in [-0.2, 0) is 13.8 Å². The molecule has 0 saturated carbocycles. The van der Waals surface area contributed by atoms with Crippen LogP contribution in [-0.4, -0.2) is 25.3 Å². The predicted octanol–water partition coefficient (Wildman–Crippen LogP) is 5.83. The van der Waals surface area contributed by atoms with Crippen LogP contribution < -0.4 is 4.52 Å². The minimum atomic E-state index is -3.36. The van der Waals surface area contributed by atoms with E-state index < -0.39 is 13.6 Å². The number of hydrogen-bond donors (Lipinski definition) is 0. The van der Waals surface area contributed by atoms with E-state index in [0.29, 0.717) is 6.61 Å². The van der Waals surface area contributed by atoms with Crippen molar-refractivity contribution in [2.24, 2.45) is 0 Å². The Kier molecular flexibility index (Phi) is 9.84. The van der Waals surface area contributed by atoms with E-state index in [2.05, 4.69) is 6.92 Å². The van der Waals surface area contributed by atoms with Crippen LogP contribution in [0.15, 0.2) is 24.3 Å². The second-order valence-corrected chi connectivity index (χ2v) is 8.87. The zero-order chi connectivity index (χ0) is 18.7. The zero-order valence-corrected chi connectivity index (χ0v) is 16.7. The third-order valence-corrected chi connectivity index (χ3v) is 6.18. The van der Waals surface area contributed by atoms with Crippen LogP contribution in [0, 0.1) is 0 Å². The minimum absolute atomic E-state index is 0.231. The molecule has 6 heteroatoms. The van der Waals surface area contributed by atoms with Gasteiger partial charge in [0.05, 0.1) is 19.4 Å². The highest BCUT2D eigenvalue weighted by Crippen LogP contribution is 2.53. The molecule has 0 heterocycles. The van der Waals surface area contributed by atoms with Gasteiger partial charge in [-0.3, -0.25) is 4.52 Å². The Morgan fingerprint density at radius 1 is 1.08 bits per heavy atom. The van der Waals surface area contributed by atoms with Gasteiger partial charge in [0, 0.05) is 0 Å². The van der Waals surface area contributed by atoms with Crippen LogP contribution in [0.3, 0.4) is 0 Å². The molecule has 1 aromatic rings. The van der Waals surface area contributed by atoms with Crippen molar-refractivity contribution in [3.63, 3.8) is 0 Å². The van der Waals surface area contributed by atoms with E-state index in [0.717, 1.165) is 19.3 Å². The molecule has 1 aromatic carbocycles. The molecule has 25 heavy (non-hydrogen) atoms. The molecule has 0 N–H and O–H groups in total. The standard InChI is InChI=1S/C19H31O5P/c1-5-6-7-8-9-12-15-23-25(21,16(2)3)24-18-14-11-10-13-17(18)19(20)22-4/h10-11,13-14,16H,5-9,12,15H2,1-4H3. The molecule has 0 aliphatic rings. The van der Waals surface area contributed by atoms with Crippen LogP contribution in [0.4, 0.5) is 0 Å². The van der Waals surface area contributed by atoms with Crippen molar-refractivity contribution in [3.8, 4) is 5.75 Å². The summed E-state index contributed by atoms with van der Waals surface area (Å²) in [4.78, 5) is 11.8. The maximum Gasteiger partial charge on any atom is 0.381 e.